The number of H-pyrrole nitrogens is 1. The predicted molar refractivity (Wildman–Crippen MR) is 122 cm³/mol. The number of nitrogens with zero attached hydrogens (tertiary/aromatic N) is 1. The largest absolute Gasteiger partial charge is 0.411 e. The maximum Gasteiger partial charge on any atom is 0.411 e. The van der Waals surface area contributed by atoms with E-state index >= 15 is 0 Å². The minimum Gasteiger partial charge on any atom is -0.370 e. The van der Waals surface area contributed by atoms with Gasteiger partial charge >= 0.3 is 6.18 Å². The van der Waals surface area contributed by atoms with Crippen LogP contribution in [-0.2, 0) is 4.74 Å². The molecule has 0 aliphatic heterocycles. The van der Waals surface area contributed by atoms with Gasteiger partial charge in [0.15, 0.2) is 0 Å². The molecular formula is C25H24F3N3O2. The molecule has 0 aliphatic rings. The highest BCUT2D eigenvalue weighted by molar-refractivity contribution is 6.17. The SMILES string of the molecule is Cc1cccc(-c2cc(C(=O)NCCOCC(F)(F)F)c(C)c3[nH]c4ncc(C)cc4c23)c1. The summed E-state index contributed by atoms with van der Waals surface area (Å²) in [4.78, 5) is 20.8. The summed E-state index contributed by atoms with van der Waals surface area (Å²) in [5.41, 5.74) is 6.68. The smallest absolute Gasteiger partial charge is 0.370 e. The lowest BCUT2D eigenvalue weighted by Crippen LogP contribution is -2.29. The summed E-state index contributed by atoms with van der Waals surface area (Å²) < 4.78 is 41.3. The molecule has 172 valence electrons. The molecule has 5 nitrogen and oxygen atoms in total. The van der Waals surface area contributed by atoms with E-state index in [1.165, 1.54) is 0 Å². The van der Waals surface area contributed by atoms with Crippen molar-refractivity contribution in [1.29, 1.82) is 0 Å². The monoisotopic (exact) mass is 455 g/mol. The number of carbonyl (C=O) groups excluding carboxylic acids is 1. The Balaban J connectivity index is 1.76. The Morgan fingerprint density at radius 2 is 1.91 bits per heavy atom. The van der Waals surface area contributed by atoms with E-state index in [1.54, 1.807) is 6.20 Å². The Labute approximate surface area is 189 Å². The topological polar surface area (TPSA) is 67.0 Å². The van der Waals surface area contributed by atoms with E-state index < -0.39 is 12.8 Å². The summed E-state index contributed by atoms with van der Waals surface area (Å²) in [6, 6.07) is 11.9. The number of hydrogen-bond donors (Lipinski definition) is 2. The number of aromatic nitrogens is 2. The first kappa shape index (κ1) is 22.8. The van der Waals surface area contributed by atoms with Gasteiger partial charge in [-0.3, -0.25) is 4.79 Å². The maximum absolute atomic E-state index is 13.0. The van der Waals surface area contributed by atoms with Crippen LogP contribution >= 0.6 is 0 Å². The molecule has 4 aromatic rings. The van der Waals surface area contributed by atoms with Crippen molar-refractivity contribution in [1.82, 2.24) is 15.3 Å². The highest BCUT2D eigenvalue weighted by atomic mass is 19.4. The fraction of sp³-hybridized carbons (Fsp3) is 0.280. The van der Waals surface area contributed by atoms with Crippen LogP contribution in [0.1, 0.15) is 27.0 Å². The van der Waals surface area contributed by atoms with Gasteiger partial charge in [0.05, 0.1) is 12.1 Å². The fourth-order valence-corrected chi connectivity index (χ4v) is 3.99. The Hall–Kier alpha value is -3.39. The molecule has 1 amide bonds. The van der Waals surface area contributed by atoms with Crippen LogP contribution in [0.5, 0.6) is 0 Å². The van der Waals surface area contributed by atoms with Crippen LogP contribution in [0.3, 0.4) is 0 Å². The molecule has 0 aliphatic carbocycles. The molecule has 8 heteroatoms. The fourth-order valence-electron chi connectivity index (χ4n) is 3.99. The van der Waals surface area contributed by atoms with Crippen LogP contribution in [0, 0.1) is 20.8 Å². The van der Waals surface area contributed by atoms with Crippen LogP contribution in [0.25, 0.3) is 33.1 Å². The van der Waals surface area contributed by atoms with E-state index in [4.69, 9.17) is 0 Å². The van der Waals surface area contributed by atoms with Gasteiger partial charge in [-0.1, -0.05) is 29.8 Å². The number of aryl methyl sites for hydroxylation is 3. The quantitative estimate of drug-likeness (QED) is 0.371. The summed E-state index contributed by atoms with van der Waals surface area (Å²) in [6.45, 7) is 4.23. The molecule has 4 rings (SSSR count). The number of fused-ring (bicyclic) bond motifs is 3. The predicted octanol–water partition coefficient (Wildman–Crippen LogP) is 5.62. The first-order valence-corrected chi connectivity index (χ1v) is 10.6. The van der Waals surface area contributed by atoms with Crippen molar-refractivity contribution in [3.8, 4) is 11.1 Å². The molecule has 2 aromatic carbocycles. The van der Waals surface area contributed by atoms with Crippen molar-refractivity contribution in [3.05, 3.63) is 64.8 Å². The highest BCUT2D eigenvalue weighted by Crippen LogP contribution is 2.38. The molecule has 0 unspecified atom stereocenters. The standard InChI is InChI=1S/C25H24F3N3O2/c1-14-5-4-6-17(9-14)19-11-18(24(32)29-7-8-33-13-25(26,27)28)16(3)22-21(19)20-10-15(2)12-30-23(20)31-22/h4-6,9-12H,7-8,13H2,1-3H3,(H,29,32)(H,30,31). The highest BCUT2D eigenvalue weighted by Gasteiger charge is 2.27. The molecule has 0 saturated heterocycles. The van der Waals surface area contributed by atoms with E-state index in [1.807, 2.05) is 45.0 Å². The summed E-state index contributed by atoms with van der Waals surface area (Å²) in [7, 11) is 0. The van der Waals surface area contributed by atoms with Gasteiger partial charge in [0.1, 0.15) is 12.3 Å². The van der Waals surface area contributed by atoms with Crippen molar-refractivity contribution in [2.75, 3.05) is 19.8 Å². The molecule has 0 fully saturated rings. The number of halogens is 3. The van der Waals surface area contributed by atoms with Gasteiger partial charge in [-0.2, -0.15) is 13.2 Å². The maximum atomic E-state index is 13.0. The van der Waals surface area contributed by atoms with Gasteiger partial charge in [0.2, 0.25) is 0 Å². The third kappa shape index (κ3) is 4.85. The number of rotatable bonds is 6. The first-order chi connectivity index (χ1) is 15.6. The van der Waals surface area contributed by atoms with Crippen molar-refractivity contribution in [3.63, 3.8) is 0 Å². The van der Waals surface area contributed by atoms with Gasteiger partial charge in [-0.15, -0.1) is 0 Å². The molecule has 33 heavy (non-hydrogen) atoms. The zero-order chi connectivity index (χ0) is 23.8. The Morgan fingerprint density at radius 1 is 1.12 bits per heavy atom. The van der Waals surface area contributed by atoms with E-state index in [9.17, 15) is 18.0 Å². The molecular weight excluding hydrogens is 431 g/mol. The normalized spacial score (nSPS) is 11.9. The van der Waals surface area contributed by atoms with Gasteiger partial charge in [-0.25, -0.2) is 4.98 Å². The lowest BCUT2D eigenvalue weighted by molar-refractivity contribution is -0.173. The molecule has 0 saturated carbocycles. The number of aromatic amines is 1. The zero-order valence-electron chi connectivity index (χ0n) is 18.6. The van der Waals surface area contributed by atoms with Crippen LogP contribution in [0.15, 0.2) is 42.6 Å². The Bertz CT molecular complexity index is 1340. The zero-order valence-corrected chi connectivity index (χ0v) is 18.6. The Kier molecular flexibility index (Phi) is 6.12. The number of pyridine rings is 1. The second-order valence-electron chi connectivity index (χ2n) is 8.17. The number of carbonyl (C=O) groups is 1. The summed E-state index contributed by atoms with van der Waals surface area (Å²) in [6.07, 6.45) is -2.61. The third-order valence-corrected chi connectivity index (χ3v) is 5.50. The van der Waals surface area contributed by atoms with E-state index in [-0.39, 0.29) is 19.1 Å². The van der Waals surface area contributed by atoms with Gasteiger partial charge < -0.3 is 15.0 Å². The first-order valence-electron chi connectivity index (χ1n) is 10.6. The molecule has 0 radical (unpaired) electrons. The number of ether oxygens (including phenoxy) is 1. The number of amides is 1. The van der Waals surface area contributed by atoms with Crippen molar-refractivity contribution in [2.45, 2.75) is 26.9 Å². The van der Waals surface area contributed by atoms with Crippen molar-refractivity contribution in [2.24, 2.45) is 0 Å². The lowest BCUT2D eigenvalue weighted by atomic mass is 9.93. The van der Waals surface area contributed by atoms with Gasteiger partial charge in [0, 0.05) is 29.1 Å². The molecule has 2 aromatic heterocycles. The summed E-state index contributed by atoms with van der Waals surface area (Å²) >= 11 is 0. The minimum atomic E-state index is -4.39. The van der Waals surface area contributed by atoms with Gasteiger partial charge in [-0.05, 0) is 55.2 Å². The van der Waals surface area contributed by atoms with Crippen LogP contribution in [0.4, 0.5) is 13.2 Å². The van der Waals surface area contributed by atoms with Crippen molar-refractivity contribution < 1.29 is 22.7 Å². The minimum absolute atomic E-state index is 0.0282. The number of nitrogens with one attached hydrogen (secondary N) is 2. The van der Waals surface area contributed by atoms with E-state index in [2.05, 4.69) is 32.2 Å². The number of benzene rings is 2. The second-order valence-corrected chi connectivity index (χ2v) is 8.17. The van der Waals surface area contributed by atoms with Crippen molar-refractivity contribution >= 4 is 27.8 Å². The molecule has 0 bridgehead atoms. The summed E-state index contributed by atoms with van der Waals surface area (Å²) in [5.74, 6) is -0.373. The number of hydrogen-bond acceptors (Lipinski definition) is 3. The Morgan fingerprint density at radius 3 is 2.64 bits per heavy atom. The lowest BCUT2D eigenvalue weighted by Gasteiger charge is -2.14. The number of alkyl halides is 3. The van der Waals surface area contributed by atoms with Crippen LogP contribution in [-0.4, -0.2) is 41.8 Å². The van der Waals surface area contributed by atoms with Crippen LogP contribution in [0.2, 0.25) is 0 Å². The van der Waals surface area contributed by atoms with Gasteiger partial charge in [0.25, 0.3) is 5.91 Å². The molecule has 2 N–H and O–H groups in total. The average molecular weight is 455 g/mol. The van der Waals surface area contributed by atoms with E-state index in [0.717, 1.165) is 49.8 Å². The van der Waals surface area contributed by atoms with Crippen LogP contribution < -0.4 is 5.32 Å². The summed E-state index contributed by atoms with van der Waals surface area (Å²) in [5, 5.41) is 4.61. The third-order valence-electron chi connectivity index (χ3n) is 5.50. The molecule has 2 heterocycles. The average Bonchev–Trinajstić information content (AvgIpc) is 3.12. The molecule has 0 spiro atoms. The van der Waals surface area contributed by atoms with E-state index in [0.29, 0.717) is 5.56 Å². The molecule has 0 atom stereocenters. The second kappa shape index (κ2) is 8.86.